The molecule has 1 aliphatic rings. The van der Waals surface area contributed by atoms with Gasteiger partial charge in [-0.25, -0.2) is 4.39 Å². The minimum Gasteiger partial charge on any atom is -0.486 e. The van der Waals surface area contributed by atoms with Crippen molar-refractivity contribution in [1.29, 1.82) is 0 Å². The van der Waals surface area contributed by atoms with Crippen molar-refractivity contribution in [2.75, 3.05) is 19.8 Å². The van der Waals surface area contributed by atoms with Gasteiger partial charge in [-0.2, -0.15) is 0 Å². The molecule has 0 aliphatic carbocycles. The predicted molar refractivity (Wildman–Crippen MR) is 59.4 cm³/mol. The molecule has 0 unspecified atom stereocenters. The Balaban J connectivity index is 2.12. The van der Waals surface area contributed by atoms with Crippen LogP contribution in [0.5, 0.6) is 11.5 Å². The van der Waals surface area contributed by atoms with E-state index in [0.717, 1.165) is 24.8 Å². The Morgan fingerprint density at radius 3 is 2.81 bits per heavy atom. The molecule has 2 rings (SSSR count). The highest BCUT2D eigenvalue weighted by molar-refractivity contribution is 5.45. The van der Waals surface area contributed by atoms with Crippen molar-refractivity contribution in [3.05, 3.63) is 23.5 Å². The van der Waals surface area contributed by atoms with Crippen LogP contribution >= 0.6 is 0 Å². The molecule has 3 nitrogen and oxygen atoms in total. The van der Waals surface area contributed by atoms with Crippen molar-refractivity contribution >= 4 is 0 Å². The number of halogens is 1. The van der Waals surface area contributed by atoms with Gasteiger partial charge < -0.3 is 15.2 Å². The topological polar surface area (TPSA) is 44.5 Å². The lowest BCUT2D eigenvalue weighted by atomic mass is 10.1. The van der Waals surface area contributed by atoms with E-state index >= 15 is 0 Å². The zero-order chi connectivity index (χ0) is 11.4. The minimum atomic E-state index is -0.333. The number of fused-ring (bicyclic) bond motifs is 1. The third kappa shape index (κ3) is 2.44. The molecule has 0 amide bonds. The molecule has 0 fully saturated rings. The smallest absolute Gasteiger partial charge is 0.197 e. The zero-order valence-corrected chi connectivity index (χ0v) is 9.17. The molecule has 1 aromatic carbocycles. The molecule has 2 N–H and O–H groups in total. The molecule has 88 valence electrons. The predicted octanol–water partition coefficient (Wildman–Crippen LogP) is 1.88. The van der Waals surface area contributed by atoms with E-state index in [2.05, 4.69) is 0 Å². The molecule has 0 saturated heterocycles. The Labute approximate surface area is 94.3 Å². The van der Waals surface area contributed by atoms with E-state index in [-0.39, 0.29) is 11.6 Å². The van der Waals surface area contributed by atoms with E-state index in [4.69, 9.17) is 15.2 Å². The van der Waals surface area contributed by atoms with Gasteiger partial charge in [-0.05, 0) is 43.5 Å². The van der Waals surface area contributed by atoms with Crippen LogP contribution in [-0.4, -0.2) is 19.8 Å². The molecule has 4 heteroatoms. The molecular formula is C12H16FNO2. The Hall–Kier alpha value is -1.29. The first kappa shape index (κ1) is 11.2. The lowest BCUT2D eigenvalue weighted by Crippen LogP contribution is -2.16. The fourth-order valence-electron chi connectivity index (χ4n) is 1.78. The Bertz CT molecular complexity index is 368. The molecule has 1 aliphatic heterocycles. The van der Waals surface area contributed by atoms with Crippen LogP contribution in [0, 0.1) is 5.82 Å². The van der Waals surface area contributed by atoms with Crippen LogP contribution in [-0.2, 0) is 6.42 Å². The van der Waals surface area contributed by atoms with E-state index in [1.807, 2.05) is 6.07 Å². The third-order valence-electron chi connectivity index (χ3n) is 2.58. The average molecular weight is 225 g/mol. The number of unbranched alkanes of at least 4 members (excludes halogenated alkanes) is 1. The van der Waals surface area contributed by atoms with Gasteiger partial charge in [0.15, 0.2) is 17.3 Å². The summed E-state index contributed by atoms with van der Waals surface area (Å²) in [5.74, 6) is 0.433. The molecule has 1 aromatic rings. The van der Waals surface area contributed by atoms with Gasteiger partial charge in [0.1, 0.15) is 13.2 Å². The number of ether oxygens (including phenoxy) is 2. The SMILES string of the molecule is NCCCCc1cc(F)c2c(c1)OCCO2. The summed E-state index contributed by atoms with van der Waals surface area (Å²) in [4.78, 5) is 0. The van der Waals surface area contributed by atoms with Crippen molar-refractivity contribution in [2.45, 2.75) is 19.3 Å². The van der Waals surface area contributed by atoms with E-state index in [9.17, 15) is 4.39 Å². The highest BCUT2D eigenvalue weighted by atomic mass is 19.1. The molecule has 0 atom stereocenters. The first-order chi connectivity index (χ1) is 7.81. The number of rotatable bonds is 4. The van der Waals surface area contributed by atoms with Crippen molar-refractivity contribution < 1.29 is 13.9 Å². The molecule has 0 radical (unpaired) electrons. The second kappa shape index (κ2) is 5.16. The van der Waals surface area contributed by atoms with E-state index in [1.165, 1.54) is 6.07 Å². The molecule has 0 saturated carbocycles. The van der Waals surface area contributed by atoms with Crippen molar-refractivity contribution in [2.24, 2.45) is 5.73 Å². The number of nitrogens with two attached hydrogens (primary N) is 1. The molecule has 0 bridgehead atoms. The van der Waals surface area contributed by atoms with E-state index in [1.54, 1.807) is 0 Å². The quantitative estimate of drug-likeness (QED) is 0.796. The van der Waals surface area contributed by atoms with Crippen LogP contribution in [0.25, 0.3) is 0 Å². The van der Waals surface area contributed by atoms with Gasteiger partial charge in [0.25, 0.3) is 0 Å². The molecular weight excluding hydrogens is 209 g/mol. The monoisotopic (exact) mass is 225 g/mol. The van der Waals surface area contributed by atoms with Crippen molar-refractivity contribution in [3.63, 3.8) is 0 Å². The number of aryl methyl sites for hydroxylation is 1. The van der Waals surface area contributed by atoms with Gasteiger partial charge in [0, 0.05) is 0 Å². The maximum absolute atomic E-state index is 13.6. The minimum absolute atomic E-state index is 0.244. The first-order valence-electron chi connectivity index (χ1n) is 5.59. The summed E-state index contributed by atoms with van der Waals surface area (Å²) < 4.78 is 24.2. The second-order valence-electron chi connectivity index (χ2n) is 3.85. The normalized spacial score (nSPS) is 13.9. The fourth-order valence-corrected chi connectivity index (χ4v) is 1.78. The van der Waals surface area contributed by atoms with Crippen molar-refractivity contribution in [3.8, 4) is 11.5 Å². The number of hydrogen-bond acceptors (Lipinski definition) is 3. The Morgan fingerprint density at radius 1 is 1.19 bits per heavy atom. The number of benzene rings is 1. The van der Waals surface area contributed by atoms with Crippen molar-refractivity contribution in [1.82, 2.24) is 0 Å². The van der Waals surface area contributed by atoms with Crippen LogP contribution in [0.2, 0.25) is 0 Å². The summed E-state index contributed by atoms with van der Waals surface area (Å²) in [7, 11) is 0. The fraction of sp³-hybridized carbons (Fsp3) is 0.500. The Morgan fingerprint density at radius 2 is 2.00 bits per heavy atom. The largest absolute Gasteiger partial charge is 0.486 e. The van der Waals surface area contributed by atoms with Gasteiger partial charge in [-0.3, -0.25) is 0 Å². The lowest BCUT2D eigenvalue weighted by Gasteiger charge is -2.19. The van der Waals surface area contributed by atoms with E-state index in [0.29, 0.717) is 25.5 Å². The summed E-state index contributed by atoms with van der Waals surface area (Å²) >= 11 is 0. The zero-order valence-electron chi connectivity index (χ0n) is 9.17. The molecule has 0 spiro atoms. The lowest BCUT2D eigenvalue weighted by molar-refractivity contribution is 0.164. The number of hydrogen-bond donors (Lipinski definition) is 1. The van der Waals surface area contributed by atoms with Gasteiger partial charge in [0.05, 0.1) is 0 Å². The van der Waals surface area contributed by atoms with E-state index < -0.39 is 0 Å². The third-order valence-corrected chi connectivity index (χ3v) is 2.58. The average Bonchev–Trinajstić information content (AvgIpc) is 2.30. The van der Waals surface area contributed by atoms with Gasteiger partial charge in [-0.1, -0.05) is 0 Å². The standard InChI is InChI=1S/C12H16FNO2/c13-10-7-9(3-1-2-4-14)8-11-12(10)16-6-5-15-11/h7-8H,1-6,14H2. The maximum Gasteiger partial charge on any atom is 0.197 e. The summed E-state index contributed by atoms with van der Waals surface area (Å²) in [6, 6.07) is 3.37. The van der Waals surface area contributed by atoms with Gasteiger partial charge >= 0.3 is 0 Å². The van der Waals surface area contributed by atoms with Crippen LogP contribution in [0.3, 0.4) is 0 Å². The highest BCUT2D eigenvalue weighted by Gasteiger charge is 2.17. The Kier molecular flexibility index (Phi) is 3.62. The first-order valence-corrected chi connectivity index (χ1v) is 5.59. The van der Waals surface area contributed by atoms with Gasteiger partial charge in [-0.15, -0.1) is 0 Å². The molecule has 0 aromatic heterocycles. The van der Waals surface area contributed by atoms with Crippen LogP contribution < -0.4 is 15.2 Å². The summed E-state index contributed by atoms with van der Waals surface area (Å²) in [5.41, 5.74) is 6.35. The summed E-state index contributed by atoms with van der Waals surface area (Å²) in [5, 5.41) is 0. The maximum atomic E-state index is 13.6. The molecule has 16 heavy (non-hydrogen) atoms. The summed E-state index contributed by atoms with van der Waals surface area (Å²) in [6.45, 7) is 1.57. The molecule has 1 heterocycles. The van der Waals surface area contributed by atoms with Gasteiger partial charge in [0.2, 0.25) is 0 Å². The van der Waals surface area contributed by atoms with Crippen LogP contribution in [0.4, 0.5) is 4.39 Å². The summed E-state index contributed by atoms with van der Waals surface area (Å²) in [6.07, 6.45) is 2.75. The van der Waals surface area contributed by atoms with Crippen LogP contribution in [0.1, 0.15) is 18.4 Å². The second-order valence-corrected chi connectivity index (χ2v) is 3.85. The highest BCUT2D eigenvalue weighted by Crippen LogP contribution is 2.34. The van der Waals surface area contributed by atoms with Crippen LogP contribution in [0.15, 0.2) is 12.1 Å².